The number of carbonyl (C=O) groups is 1. The van der Waals surface area contributed by atoms with Crippen molar-refractivity contribution in [2.45, 2.75) is 180 Å². The first-order valence-corrected chi connectivity index (χ1v) is 20.8. The van der Waals surface area contributed by atoms with Gasteiger partial charge >= 0.3 is 5.97 Å². The van der Waals surface area contributed by atoms with Gasteiger partial charge in [0, 0.05) is 5.92 Å². The summed E-state index contributed by atoms with van der Waals surface area (Å²) >= 11 is 0. The lowest BCUT2D eigenvalue weighted by atomic mass is 9.87. The number of rotatable bonds is 15. The topological polar surface area (TPSA) is 54.0 Å². The van der Waals surface area contributed by atoms with Gasteiger partial charge < -0.3 is 18.3 Å². The summed E-state index contributed by atoms with van der Waals surface area (Å²) in [4.78, 5) is 12.5. The number of methoxy groups -OCH3 is 1. The van der Waals surface area contributed by atoms with E-state index in [1.807, 2.05) is 0 Å². The minimum absolute atomic E-state index is 0.0185. The molecule has 1 aliphatic heterocycles. The van der Waals surface area contributed by atoms with Gasteiger partial charge in [-0.15, -0.1) is 0 Å². The van der Waals surface area contributed by atoms with Crippen LogP contribution in [0, 0.1) is 17.8 Å². The smallest absolute Gasteiger partial charge is 0.308 e. The zero-order valence-corrected chi connectivity index (χ0v) is 30.9. The van der Waals surface area contributed by atoms with E-state index in [2.05, 4.69) is 96.9 Å². The Morgan fingerprint density at radius 3 is 1.60 bits per heavy atom. The van der Waals surface area contributed by atoms with E-state index in [1.165, 1.54) is 13.5 Å². The van der Waals surface area contributed by atoms with Crippen LogP contribution in [0.4, 0.5) is 0 Å². The Balaban J connectivity index is 2.44. The number of hydrogen-bond acceptors (Lipinski definition) is 5. The summed E-state index contributed by atoms with van der Waals surface area (Å²) in [5, 5.41) is 0. The van der Waals surface area contributed by atoms with Crippen LogP contribution in [0.5, 0.6) is 0 Å². The fraction of sp³-hybridized carbons (Fsp3) is 0.970. The maximum absolute atomic E-state index is 12.5. The molecular weight excluding hydrogens is 533 g/mol. The van der Waals surface area contributed by atoms with Gasteiger partial charge in [0.25, 0.3) is 0 Å². The second kappa shape index (κ2) is 14.5. The van der Waals surface area contributed by atoms with Crippen molar-refractivity contribution in [1.82, 2.24) is 0 Å². The molecule has 0 amide bonds. The Kier molecular flexibility index (Phi) is 13.0. The van der Waals surface area contributed by atoms with Crippen LogP contribution in [0.3, 0.4) is 0 Å². The molecule has 40 heavy (non-hydrogen) atoms. The van der Waals surface area contributed by atoms with E-state index in [-0.39, 0.29) is 42.7 Å². The van der Waals surface area contributed by atoms with Crippen molar-refractivity contribution in [1.29, 1.82) is 0 Å². The maximum Gasteiger partial charge on any atom is 0.308 e. The van der Waals surface area contributed by atoms with E-state index in [0.717, 1.165) is 12.8 Å². The molecule has 1 aliphatic carbocycles. The molecule has 1 saturated heterocycles. The highest BCUT2D eigenvalue weighted by Crippen LogP contribution is 2.51. The lowest BCUT2D eigenvalue weighted by molar-refractivity contribution is -0.161. The third kappa shape index (κ3) is 7.64. The number of hydrogen-bond donors (Lipinski definition) is 0. The summed E-state index contributed by atoms with van der Waals surface area (Å²) in [6.07, 6.45) is 3.38. The minimum atomic E-state index is -2.10. The van der Waals surface area contributed by atoms with Gasteiger partial charge in [-0.1, -0.05) is 96.9 Å². The third-order valence-electron chi connectivity index (χ3n) is 10.9. The lowest BCUT2D eigenvalue weighted by Gasteiger charge is -2.50. The molecule has 2 rings (SSSR count). The Bertz CT molecular complexity index is 752. The van der Waals surface area contributed by atoms with E-state index in [0.29, 0.717) is 45.1 Å². The lowest BCUT2D eigenvalue weighted by Crippen LogP contribution is -2.56. The average Bonchev–Trinajstić information content (AvgIpc) is 3.57. The molecule has 0 spiro atoms. The second-order valence-corrected chi connectivity index (χ2v) is 26.0. The molecule has 236 valence electrons. The van der Waals surface area contributed by atoms with Crippen molar-refractivity contribution in [3.63, 3.8) is 0 Å². The zero-order valence-electron chi connectivity index (χ0n) is 28.9. The van der Waals surface area contributed by atoms with Gasteiger partial charge in [0.2, 0.25) is 16.6 Å². The van der Waals surface area contributed by atoms with Crippen LogP contribution in [0.1, 0.15) is 123 Å². The van der Waals surface area contributed by atoms with Gasteiger partial charge in [-0.2, -0.15) is 0 Å². The predicted octanol–water partition coefficient (Wildman–Crippen LogP) is 9.51. The van der Waals surface area contributed by atoms with Gasteiger partial charge in [-0.05, 0) is 64.3 Å². The van der Waals surface area contributed by atoms with Crippen LogP contribution in [-0.4, -0.2) is 54.1 Å². The summed E-state index contributed by atoms with van der Waals surface area (Å²) in [5.41, 5.74) is 3.19. The molecule has 1 heterocycles. The van der Waals surface area contributed by atoms with Crippen LogP contribution in [-0.2, 0) is 23.1 Å². The van der Waals surface area contributed by atoms with Gasteiger partial charge in [-0.3, -0.25) is 4.79 Å². The molecule has 2 aliphatic rings. The Morgan fingerprint density at radius 2 is 1.23 bits per heavy atom. The molecule has 0 unspecified atom stereocenters. The standard InChI is InChI=1S/C33H66O5Si2/c1-20(2)39(21(3)4,22(5)6)37-31-17-28(36-30(27(31)14)19-33(34)35-15)18-32(29-16-26(29)13)38-40(23(7)8,24(9)10)25(11)12/h20-32H,16-19H2,1-15H3/t26-,27+,28+,29-,30+,31+,32+/m1/s1. The van der Waals surface area contributed by atoms with Gasteiger partial charge in [-0.25, -0.2) is 0 Å². The van der Waals surface area contributed by atoms with Crippen LogP contribution in [0.15, 0.2) is 0 Å². The maximum atomic E-state index is 12.5. The van der Waals surface area contributed by atoms with E-state index in [9.17, 15) is 4.79 Å². The molecule has 0 aromatic rings. The zero-order chi connectivity index (χ0) is 30.7. The number of esters is 1. The highest BCUT2D eigenvalue weighted by Gasteiger charge is 2.53. The molecule has 0 radical (unpaired) electrons. The van der Waals surface area contributed by atoms with E-state index >= 15 is 0 Å². The van der Waals surface area contributed by atoms with Crippen molar-refractivity contribution in [3.8, 4) is 0 Å². The first-order valence-electron chi connectivity index (χ1n) is 16.5. The quantitative estimate of drug-likeness (QED) is 0.139. The molecule has 7 atom stereocenters. The van der Waals surface area contributed by atoms with Crippen molar-refractivity contribution in [2.75, 3.05) is 7.11 Å². The normalized spacial score (nSPS) is 28.8. The van der Waals surface area contributed by atoms with Crippen molar-refractivity contribution in [3.05, 3.63) is 0 Å². The van der Waals surface area contributed by atoms with Gasteiger partial charge in [0.05, 0.1) is 37.9 Å². The fourth-order valence-electron chi connectivity index (χ4n) is 8.71. The summed E-state index contributed by atoms with van der Waals surface area (Å²) in [6.45, 7) is 33.0. The molecular formula is C33H66O5Si2. The van der Waals surface area contributed by atoms with Crippen molar-refractivity contribution < 1.29 is 23.1 Å². The highest BCUT2D eigenvalue weighted by molar-refractivity contribution is 6.78. The average molecular weight is 599 g/mol. The van der Waals surface area contributed by atoms with Crippen LogP contribution < -0.4 is 0 Å². The summed E-state index contributed by atoms with van der Waals surface area (Å²) < 4.78 is 26.8. The van der Waals surface area contributed by atoms with Crippen molar-refractivity contribution in [2.24, 2.45) is 17.8 Å². The molecule has 0 aromatic carbocycles. The van der Waals surface area contributed by atoms with Crippen LogP contribution in [0.25, 0.3) is 0 Å². The van der Waals surface area contributed by atoms with E-state index < -0.39 is 16.6 Å². The van der Waals surface area contributed by atoms with Gasteiger partial charge in [0.15, 0.2) is 0 Å². The molecule has 0 aromatic heterocycles. The Labute approximate surface area is 250 Å². The fourth-order valence-corrected chi connectivity index (χ4v) is 20.0. The predicted molar refractivity (Wildman–Crippen MR) is 173 cm³/mol. The molecule has 5 nitrogen and oxygen atoms in total. The SMILES string of the molecule is COC(=O)C[C@@H]1O[C@H](C[C@H](O[Si](C(C)C)(C(C)C)C(C)C)[C@@H]2C[C@H]2C)C[C@H](O[Si](C(C)C)(C(C)C)C(C)C)[C@H]1C. The first-order chi connectivity index (χ1) is 18.4. The van der Waals surface area contributed by atoms with E-state index in [4.69, 9.17) is 18.3 Å². The summed E-state index contributed by atoms with van der Waals surface area (Å²) in [5.74, 6) is 1.23. The van der Waals surface area contributed by atoms with Crippen LogP contribution in [0.2, 0.25) is 33.2 Å². The largest absolute Gasteiger partial charge is 0.469 e. The highest BCUT2D eigenvalue weighted by atomic mass is 28.4. The van der Waals surface area contributed by atoms with E-state index in [1.54, 1.807) is 0 Å². The summed E-state index contributed by atoms with van der Waals surface area (Å²) in [7, 11) is -2.67. The first kappa shape index (κ1) is 36.0. The Morgan fingerprint density at radius 1 is 0.775 bits per heavy atom. The monoisotopic (exact) mass is 598 g/mol. The minimum Gasteiger partial charge on any atom is -0.469 e. The van der Waals surface area contributed by atoms with Gasteiger partial charge in [0.1, 0.15) is 0 Å². The van der Waals surface area contributed by atoms with Crippen molar-refractivity contribution >= 4 is 22.6 Å². The Hall–Kier alpha value is -0.216. The van der Waals surface area contributed by atoms with Crippen LogP contribution >= 0.6 is 0 Å². The molecule has 1 saturated carbocycles. The summed E-state index contributed by atoms with van der Waals surface area (Å²) in [6, 6.07) is 0. The molecule has 0 bridgehead atoms. The number of carbonyl (C=O) groups excluding carboxylic acids is 1. The molecule has 0 N–H and O–H groups in total. The second-order valence-electron chi connectivity index (χ2n) is 15.2. The third-order valence-corrected chi connectivity index (χ3v) is 23.2. The number of ether oxygens (including phenoxy) is 2. The molecule has 2 fully saturated rings. The molecule has 7 heteroatoms.